The lowest BCUT2D eigenvalue weighted by molar-refractivity contribution is -0.137. The van der Waals surface area contributed by atoms with E-state index in [1.807, 2.05) is 0 Å². The number of likely N-dealkylation sites (N-methyl/N-ethyl adjacent to an activating group) is 1. The number of nitrogens with zero attached hydrogens (tertiary/aromatic N) is 4. The number of carbonyl (C=O) groups excluding carboxylic acids is 3. The van der Waals surface area contributed by atoms with Crippen LogP contribution in [-0.4, -0.2) is 54.4 Å². The first-order chi connectivity index (χ1) is 18.5. The van der Waals surface area contributed by atoms with Crippen LogP contribution in [0.5, 0.6) is 0 Å². The summed E-state index contributed by atoms with van der Waals surface area (Å²) < 4.78 is 9.29. The van der Waals surface area contributed by atoms with Crippen molar-refractivity contribution in [2.75, 3.05) is 7.05 Å². The van der Waals surface area contributed by atoms with Crippen LogP contribution in [0.15, 0.2) is 64.2 Å². The molecule has 11 nitrogen and oxygen atoms in total. The second-order valence-corrected chi connectivity index (χ2v) is 10.9. The second-order valence-electron chi connectivity index (χ2n) is 10.9. The molecule has 2 aromatic carbocycles. The smallest absolute Gasteiger partial charge is 0.419 e. The number of amides is 2. The van der Waals surface area contributed by atoms with Crippen LogP contribution < -0.4 is 11.4 Å². The largest absolute Gasteiger partial charge is 0.443 e. The molecule has 3 heterocycles. The number of carbonyl (C=O) groups is 3. The van der Waals surface area contributed by atoms with Gasteiger partial charge in [0.2, 0.25) is 11.8 Å². The fourth-order valence-electron chi connectivity index (χ4n) is 5.88. The van der Waals surface area contributed by atoms with E-state index < -0.39 is 52.8 Å². The molecule has 11 heteroatoms. The van der Waals surface area contributed by atoms with Gasteiger partial charge in [0.05, 0.1) is 29.1 Å². The van der Waals surface area contributed by atoms with Gasteiger partial charge in [-0.2, -0.15) is 0 Å². The number of ether oxygens (including phenoxy) is 1. The Morgan fingerprint density at radius 2 is 1.62 bits per heavy atom. The fourth-order valence-corrected chi connectivity index (χ4v) is 5.88. The van der Waals surface area contributed by atoms with Crippen molar-refractivity contribution < 1.29 is 19.1 Å². The highest BCUT2D eigenvalue weighted by atomic mass is 16.6. The standard InChI is InChI=1S/C28H27N5O6/c1-28(2,3)39-27(38)32-18-13-9-8-12-16(18)20-19(14-17-21(22(20)32)24(35)30(4)23(17)34)33-26(37)31(25(36)29-33)15-10-6-5-7-11-15/h5-13,17,19,21H,14H2,1-4H3,(H,29,36)/t17-,19-,21-/m0/s1. The van der Waals surface area contributed by atoms with E-state index in [0.717, 1.165) is 9.47 Å². The number of H-pyrrole nitrogens is 1. The van der Waals surface area contributed by atoms with Gasteiger partial charge in [0.25, 0.3) is 0 Å². The van der Waals surface area contributed by atoms with E-state index in [-0.39, 0.29) is 6.42 Å². The maximum atomic E-state index is 13.7. The zero-order valence-electron chi connectivity index (χ0n) is 21.9. The molecule has 1 aliphatic heterocycles. The van der Waals surface area contributed by atoms with E-state index in [0.29, 0.717) is 27.8 Å². The Morgan fingerprint density at radius 3 is 2.31 bits per heavy atom. The van der Waals surface area contributed by atoms with Gasteiger partial charge < -0.3 is 4.74 Å². The molecule has 1 fully saturated rings. The molecule has 39 heavy (non-hydrogen) atoms. The second kappa shape index (κ2) is 8.42. The van der Waals surface area contributed by atoms with Crippen molar-refractivity contribution in [1.82, 2.24) is 23.8 Å². The fraction of sp³-hybridized carbons (Fsp3) is 0.321. The van der Waals surface area contributed by atoms with Crippen LogP contribution in [0.3, 0.4) is 0 Å². The van der Waals surface area contributed by atoms with Crippen LogP contribution in [0.2, 0.25) is 0 Å². The van der Waals surface area contributed by atoms with Crippen LogP contribution >= 0.6 is 0 Å². The van der Waals surface area contributed by atoms with Crippen molar-refractivity contribution >= 4 is 28.8 Å². The molecule has 0 spiro atoms. The minimum Gasteiger partial charge on any atom is -0.443 e. The van der Waals surface area contributed by atoms with Gasteiger partial charge >= 0.3 is 17.5 Å². The van der Waals surface area contributed by atoms with Crippen molar-refractivity contribution in [1.29, 1.82) is 0 Å². The van der Waals surface area contributed by atoms with Crippen molar-refractivity contribution in [3.8, 4) is 5.69 Å². The summed E-state index contributed by atoms with van der Waals surface area (Å²) in [6.45, 7) is 5.22. The predicted octanol–water partition coefficient (Wildman–Crippen LogP) is 2.76. The zero-order valence-corrected chi connectivity index (χ0v) is 21.9. The lowest BCUT2D eigenvalue weighted by Crippen LogP contribution is -2.37. The van der Waals surface area contributed by atoms with Crippen LogP contribution in [0.4, 0.5) is 4.79 Å². The van der Waals surface area contributed by atoms with E-state index in [4.69, 9.17) is 4.74 Å². The van der Waals surface area contributed by atoms with Gasteiger partial charge in [-0.15, -0.1) is 0 Å². The summed E-state index contributed by atoms with van der Waals surface area (Å²) in [6.07, 6.45) is -0.611. The number of hydrogen-bond acceptors (Lipinski definition) is 6. The highest BCUT2D eigenvalue weighted by Crippen LogP contribution is 2.51. The van der Waals surface area contributed by atoms with Gasteiger partial charge in [-0.05, 0) is 45.4 Å². The van der Waals surface area contributed by atoms with Gasteiger partial charge in [0, 0.05) is 23.7 Å². The highest BCUT2D eigenvalue weighted by molar-refractivity contribution is 6.09. The zero-order chi connectivity index (χ0) is 27.8. The lowest BCUT2D eigenvalue weighted by Gasteiger charge is -2.31. The third kappa shape index (κ3) is 3.60. The number of imide groups is 1. The maximum absolute atomic E-state index is 13.7. The van der Waals surface area contributed by atoms with Gasteiger partial charge in [-0.1, -0.05) is 36.4 Å². The number of para-hydroxylation sites is 2. The van der Waals surface area contributed by atoms with E-state index in [9.17, 15) is 24.0 Å². The van der Waals surface area contributed by atoms with E-state index in [1.165, 1.54) is 16.3 Å². The third-order valence-electron chi connectivity index (χ3n) is 7.42. The summed E-state index contributed by atoms with van der Waals surface area (Å²) in [5, 5.41) is 3.28. The summed E-state index contributed by atoms with van der Waals surface area (Å²) in [4.78, 5) is 68.1. The molecule has 1 N–H and O–H groups in total. The number of hydrogen-bond donors (Lipinski definition) is 1. The summed E-state index contributed by atoms with van der Waals surface area (Å²) >= 11 is 0. The minimum atomic E-state index is -0.938. The minimum absolute atomic E-state index is 0.0869. The first-order valence-corrected chi connectivity index (χ1v) is 12.7. The average molecular weight is 530 g/mol. The molecule has 4 aromatic rings. The van der Waals surface area contributed by atoms with Crippen LogP contribution in [0, 0.1) is 5.92 Å². The Morgan fingerprint density at radius 1 is 0.949 bits per heavy atom. The van der Waals surface area contributed by atoms with Crippen molar-refractivity contribution in [3.63, 3.8) is 0 Å². The Labute approximate surface area is 222 Å². The summed E-state index contributed by atoms with van der Waals surface area (Å²) in [6, 6.07) is 14.7. The Balaban J connectivity index is 1.66. The molecular formula is C28H27N5O6. The number of aromatic nitrogens is 4. The normalized spacial score (nSPS) is 20.8. The molecule has 2 aromatic heterocycles. The molecular weight excluding hydrogens is 502 g/mol. The third-order valence-corrected chi connectivity index (χ3v) is 7.42. The van der Waals surface area contributed by atoms with Crippen molar-refractivity contribution in [2.45, 2.75) is 44.8 Å². The molecule has 0 radical (unpaired) electrons. The number of rotatable bonds is 2. The number of aromatic amines is 1. The molecule has 2 amide bonds. The Hall–Kier alpha value is -4.67. The first kappa shape index (κ1) is 24.7. The Bertz CT molecular complexity index is 1780. The molecule has 6 rings (SSSR count). The molecule has 0 unspecified atom stereocenters. The van der Waals surface area contributed by atoms with Crippen LogP contribution in [-0.2, 0) is 14.3 Å². The van der Waals surface area contributed by atoms with Gasteiger partial charge in [-0.25, -0.2) is 33.3 Å². The molecule has 0 bridgehead atoms. The SMILES string of the molecule is CN1C(=O)[C@H]2C[C@H](n3[nH]c(=O)n(-c4ccccc4)c3=O)c3c(n(C(=O)OC(C)(C)C)c4ccccc34)[C@H]2C1=O. The summed E-state index contributed by atoms with van der Waals surface area (Å²) in [5.41, 5.74) is -0.400. The maximum Gasteiger partial charge on any atom is 0.419 e. The molecule has 1 saturated heterocycles. The lowest BCUT2D eigenvalue weighted by atomic mass is 9.76. The number of fused-ring (bicyclic) bond motifs is 5. The van der Waals surface area contributed by atoms with E-state index in [1.54, 1.807) is 75.4 Å². The monoisotopic (exact) mass is 529 g/mol. The molecule has 0 saturated carbocycles. The number of benzene rings is 2. The summed E-state index contributed by atoms with van der Waals surface area (Å²) in [7, 11) is 1.41. The van der Waals surface area contributed by atoms with Gasteiger partial charge in [0.15, 0.2) is 0 Å². The topological polar surface area (TPSA) is 128 Å². The molecule has 200 valence electrons. The number of likely N-dealkylation sites (tertiary alicyclic amines) is 1. The summed E-state index contributed by atoms with van der Waals surface area (Å²) in [5.74, 6) is -2.60. The van der Waals surface area contributed by atoms with Crippen molar-refractivity contribution in [3.05, 3.63) is 86.8 Å². The molecule has 2 aliphatic rings. The average Bonchev–Trinajstić information content (AvgIpc) is 3.46. The number of nitrogens with one attached hydrogen (secondary N) is 1. The molecule has 3 atom stereocenters. The van der Waals surface area contributed by atoms with Crippen molar-refractivity contribution in [2.24, 2.45) is 5.92 Å². The Kier molecular flexibility index (Phi) is 5.32. The van der Waals surface area contributed by atoms with E-state index >= 15 is 0 Å². The first-order valence-electron chi connectivity index (χ1n) is 12.7. The van der Waals surface area contributed by atoms with Crippen LogP contribution in [0.25, 0.3) is 16.6 Å². The quantitative estimate of drug-likeness (QED) is 0.398. The van der Waals surface area contributed by atoms with Gasteiger partial charge in [0.1, 0.15) is 5.60 Å². The molecule has 1 aliphatic carbocycles. The van der Waals surface area contributed by atoms with E-state index in [2.05, 4.69) is 5.10 Å². The predicted molar refractivity (Wildman–Crippen MR) is 141 cm³/mol. The highest BCUT2D eigenvalue weighted by Gasteiger charge is 2.55. The van der Waals surface area contributed by atoms with Gasteiger partial charge in [-0.3, -0.25) is 14.5 Å². The van der Waals surface area contributed by atoms with Crippen LogP contribution in [0.1, 0.15) is 50.4 Å².